The lowest BCUT2D eigenvalue weighted by Crippen LogP contribution is -2.29. The van der Waals surface area contributed by atoms with Gasteiger partial charge >= 0.3 is 5.97 Å². The third-order valence-corrected chi connectivity index (χ3v) is 7.52. The van der Waals surface area contributed by atoms with Gasteiger partial charge in [-0.15, -0.1) is 0 Å². The van der Waals surface area contributed by atoms with E-state index in [0.29, 0.717) is 16.8 Å². The zero-order valence-corrected chi connectivity index (χ0v) is 20.4. The van der Waals surface area contributed by atoms with Crippen LogP contribution in [-0.4, -0.2) is 29.7 Å². The summed E-state index contributed by atoms with van der Waals surface area (Å²) in [5, 5.41) is 9.98. The minimum atomic E-state index is -0.956. The Balaban J connectivity index is 1.69. The van der Waals surface area contributed by atoms with Crippen molar-refractivity contribution in [2.75, 3.05) is 18.6 Å². The fourth-order valence-corrected chi connectivity index (χ4v) is 5.23. The predicted octanol–water partition coefficient (Wildman–Crippen LogP) is 6.57. The molecule has 0 amide bonds. The molecule has 0 saturated heterocycles. The lowest BCUT2D eigenvalue weighted by Gasteiger charge is -2.30. The van der Waals surface area contributed by atoms with Crippen LogP contribution in [0.1, 0.15) is 45.6 Å². The molecule has 176 valence electrons. The van der Waals surface area contributed by atoms with Crippen molar-refractivity contribution >= 4 is 32.7 Å². The summed E-state index contributed by atoms with van der Waals surface area (Å²) in [7, 11) is 1.67. The highest BCUT2D eigenvalue weighted by molar-refractivity contribution is 7.22. The van der Waals surface area contributed by atoms with E-state index >= 15 is 0 Å². The fourth-order valence-electron chi connectivity index (χ4n) is 4.15. The minimum absolute atomic E-state index is 0.0916. The summed E-state index contributed by atoms with van der Waals surface area (Å²) in [6.45, 7) is 6.87. The van der Waals surface area contributed by atoms with Gasteiger partial charge in [-0.2, -0.15) is 0 Å². The first-order chi connectivity index (χ1) is 16.3. The summed E-state index contributed by atoms with van der Waals surface area (Å²) in [5.74, 6) is -0.365. The number of rotatable bonds is 8. The third kappa shape index (κ3) is 4.61. The van der Waals surface area contributed by atoms with Crippen molar-refractivity contribution in [3.8, 4) is 5.75 Å². The molecule has 3 aromatic carbocycles. The first-order valence-corrected chi connectivity index (χ1v) is 11.9. The van der Waals surface area contributed by atoms with Gasteiger partial charge in [0.15, 0.2) is 5.13 Å². The normalized spacial score (nSPS) is 12.0. The molecule has 0 bridgehead atoms. The summed E-state index contributed by atoms with van der Waals surface area (Å²) in [5.41, 5.74) is 5.36. The zero-order chi connectivity index (χ0) is 24.4. The van der Waals surface area contributed by atoms with Gasteiger partial charge in [-0.25, -0.2) is 14.2 Å². The topological polar surface area (TPSA) is 62.7 Å². The number of halogens is 1. The maximum absolute atomic E-state index is 14.4. The number of carbonyl (C=O) groups is 1. The SMILES string of the molecule is COc1ccc(CCN(c2nc3cccc(F)c3s2)C(C)c2ccc(C(=O)O)cc2)c(C)c1C. The first kappa shape index (κ1) is 23.7. The highest BCUT2D eigenvalue weighted by atomic mass is 32.1. The number of hydrogen-bond acceptors (Lipinski definition) is 5. The third-order valence-electron chi connectivity index (χ3n) is 6.40. The van der Waals surface area contributed by atoms with Gasteiger partial charge in [-0.3, -0.25) is 0 Å². The lowest BCUT2D eigenvalue weighted by molar-refractivity contribution is 0.0697. The highest BCUT2D eigenvalue weighted by Gasteiger charge is 2.22. The van der Waals surface area contributed by atoms with Gasteiger partial charge in [0.2, 0.25) is 0 Å². The Morgan fingerprint density at radius 3 is 2.50 bits per heavy atom. The molecule has 4 rings (SSSR count). The molecule has 0 fully saturated rings. The summed E-state index contributed by atoms with van der Waals surface area (Å²) in [6, 6.07) is 15.8. The maximum Gasteiger partial charge on any atom is 0.335 e. The number of aromatic carboxylic acids is 1. The maximum atomic E-state index is 14.4. The van der Waals surface area contributed by atoms with E-state index in [0.717, 1.165) is 28.4 Å². The zero-order valence-electron chi connectivity index (χ0n) is 19.6. The van der Waals surface area contributed by atoms with Crippen LogP contribution in [0.15, 0.2) is 54.6 Å². The first-order valence-electron chi connectivity index (χ1n) is 11.1. The Morgan fingerprint density at radius 2 is 1.85 bits per heavy atom. The Morgan fingerprint density at radius 1 is 1.12 bits per heavy atom. The van der Waals surface area contributed by atoms with Crippen molar-refractivity contribution in [1.29, 1.82) is 0 Å². The number of methoxy groups -OCH3 is 1. The molecule has 34 heavy (non-hydrogen) atoms. The predicted molar refractivity (Wildman–Crippen MR) is 135 cm³/mol. The van der Waals surface area contributed by atoms with E-state index in [9.17, 15) is 14.3 Å². The summed E-state index contributed by atoms with van der Waals surface area (Å²) in [6.07, 6.45) is 0.770. The minimum Gasteiger partial charge on any atom is -0.496 e. The van der Waals surface area contributed by atoms with Gasteiger partial charge in [0.1, 0.15) is 11.6 Å². The monoisotopic (exact) mass is 478 g/mol. The number of carboxylic acids is 1. The molecule has 4 aromatic rings. The molecule has 0 aliphatic rings. The van der Waals surface area contributed by atoms with Crippen LogP contribution in [0, 0.1) is 19.7 Å². The molecule has 1 atom stereocenters. The van der Waals surface area contributed by atoms with E-state index in [1.54, 1.807) is 25.3 Å². The largest absolute Gasteiger partial charge is 0.496 e. The molecule has 0 aliphatic carbocycles. The molecule has 1 N–H and O–H groups in total. The van der Waals surface area contributed by atoms with Crippen LogP contribution in [0.25, 0.3) is 10.2 Å². The fraction of sp³-hybridized carbons (Fsp3) is 0.259. The van der Waals surface area contributed by atoms with E-state index in [1.807, 2.05) is 24.3 Å². The molecule has 0 spiro atoms. The summed E-state index contributed by atoms with van der Waals surface area (Å²) >= 11 is 1.34. The molecule has 5 nitrogen and oxygen atoms in total. The van der Waals surface area contributed by atoms with Crippen LogP contribution in [0.3, 0.4) is 0 Å². The van der Waals surface area contributed by atoms with Crippen molar-refractivity contribution < 1.29 is 19.0 Å². The van der Waals surface area contributed by atoms with Crippen molar-refractivity contribution in [3.05, 3.63) is 88.2 Å². The molecule has 0 radical (unpaired) electrons. The van der Waals surface area contributed by atoms with E-state index in [2.05, 4.69) is 31.7 Å². The average molecular weight is 479 g/mol. The Hall–Kier alpha value is -3.45. The molecular weight excluding hydrogens is 451 g/mol. The Bertz CT molecular complexity index is 1330. The van der Waals surface area contributed by atoms with Crippen LogP contribution in [0.4, 0.5) is 9.52 Å². The lowest BCUT2D eigenvalue weighted by atomic mass is 9.99. The van der Waals surface area contributed by atoms with Crippen LogP contribution in [0.5, 0.6) is 5.75 Å². The average Bonchev–Trinajstić information content (AvgIpc) is 3.27. The molecule has 1 unspecified atom stereocenters. The number of anilines is 1. The number of fused-ring (bicyclic) bond motifs is 1. The number of ether oxygens (including phenoxy) is 1. The molecule has 1 aromatic heterocycles. The molecule has 1 heterocycles. The van der Waals surface area contributed by atoms with Gasteiger partial charge < -0.3 is 14.7 Å². The van der Waals surface area contributed by atoms with E-state index < -0.39 is 5.97 Å². The summed E-state index contributed by atoms with van der Waals surface area (Å²) in [4.78, 5) is 18.2. The van der Waals surface area contributed by atoms with Crippen LogP contribution >= 0.6 is 11.3 Å². The van der Waals surface area contributed by atoms with Crippen molar-refractivity contribution in [2.24, 2.45) is 0 Å². The van der Waals surface area contributed by atoms with Crippen LogP contribution in [-0.2, 0) is 6.42 Å². The molecule has 0 saturated carbocycles. The molecule has 0 aliphatic heterocycles. The quantitative estimate of drug-likeness (QED) is 0.310. The second-order valence-corrected chi connectivity index (χ2v) is 9.29. The Labute approximate surface area is 202 Å². The van der Waals surface area contributed by atoms with Gasteiger partial charge in [-0.05, 0) is 79.8 Å². The number of benzene rings is 3. The molecule has 7 heteroatoms. The standard InChI is InChI=1S/C27H27FN2O3S/c1-16-17(2)24(33-4)13-12-19(16)14-15-30(18(3)20-8-10-21(11-9-20)26(31)32)27-29-23-7-5-6-22(28)25(23)34-27/h5-13,18H,14-15H2,1-4H3,(H,31,32). The number of nitrogens with zero attached hydrogens (tertiary/aromatic N) is 2. The van der Waals surface area contributed by atoms with Gasteiger partial charge in [0.05, 0.1) is 28.9 Å². The van der Waals surface area contributed by atoms with Crippen LogP contribution < -0.4 is 9.64 Å². The van der Waals surface area contributed by atoms with E-state index in [-0.39, 0.29) is 17.4 Å². The second kappa shape index (κ2) is 9.81. The summed E-state index contributed by atoms with van der Waals surface area (Å²) < 4.78 is 20.4. The van der Waals surface area contributed by atoms with Crippen LogP contribution in [0.2, 0.25) is 0 Å². The van der Waals surface area contributed by atoms with Gasteiger partial charge in [0, 0.05) is 6.54 Å². The van der Waals surface area contributed by atoms with Gasteiger partial charge in [0.25, 0.3) is 0 Å². The number of carboxylic acid groups (broad SMARTS) is 1. The highest BCUT2D eigenvalue weighted by Crippen LogP contribution is 2.35. The Kier molecular flexibility index (Phi) is 6.84. The number of thiazole rings is 1. The van der Waals surface area contributed by atoms with E-state index in [1.165, 1.54) is 28.5 Å². The van der Waals surface area contributed by atoms with Gasteiger partial charge in [-0.1, -0.05) is 35.6 Å². The van der Waals surface area contributed by atoms with Crippen molar-refractivity contribution in [3.63, 3.8) is 0 Å². The van der Waals surface area contributed by atoms with E-state index in [4.69, 9.17) is 9.72 Å². The van der Waals surface area contributed by atoms with Crippen molar-refractivity contribution in [2.45, 2.75) is 33.2 Å². The number of aromatic nitrogens is 1. The number of hydrogen-bond donors (Lipinski definition) is 1. The van der Waals surface area contributed by atoms with Crippen molar-refractivity contribution in [1.82, 2.24) is 4.98 Å². The smallest absolute Gasteiger partial charge is 0.335 e. The molecular formula is C27H27FN2O3S. The second-order valence-electron chi connectivity index (χ2n) is 8.31.